The summed E-state index contributed by atoms with van der Waals surface area (Å²) in [5.74, 6) is 3.12. The summed E-state index contributed by atoms with van der Waals surface area (Å²) in [6.45, 7) is 0. The van der Waals surface area contributed by atoms with Crippen molar-refractivity contribution in [2.75, 3.05) is 12.8 Å². The molecule has 2 aromatic rings. The summed E-state index contributed by atoms with van der Waals surface area (Å²) in [7, 11) is 1.61. The van der Waals surface area contributed by atoms with Gasteiger partial charge in [0.2, 0.25) is 0 Å². The van der Waals surface area contributed by atoms with Crippen molar-refractivity contribution in [3.63, 3.8) is 0 Å². The second kappa shape index (κ2) is 4.33. The molecule has 5 heteroatoms. The van der Waals surface area contributed by atoms with Crippen LogP contribution in [0, 0.1) is 0 Å². The Bertz CT molecular complexity index is 560. The Morgan fingerprint density at radius 1 is 1.44 bits per heavy atom. The van der Waals surface area contributed by atoms with Crippen LogP contribution in [0.1, 0.15) is 36.0 Å². The molecule has 1 saturated carbocycles. The lowest BCUT2D eigenvalue weighted by molar-refractivity contribution is 0.417. The third-order valence-electron chi connectivity index (χ3n) is 3.16. The molecule has 0 bridgehead atoms. The fourth-order valence-corrected chi connectivity index (χ4v) is 2.00. The van der Waals surface area contributed by atoms with E-state index in [9.17, 15) is 0 Å². The van der Waals surface area contributed by atoms with Crippen LogP contribution in [-0.2, 0) is 6.42 Å². The molecule has 3 N–H and O–H groups in total. The van der Waals surface area contributed by atoms with Gasteiger partial charge in [0, 0.05) is 12.3 Å². The van der Waals surface area contributed by atoms with Crippen molar-refractivity contribution < 1.29 is 4.74 Å². The largest absolute Gasteiger partial charge is 0.495 e. The molecule has 5 nitrogen and oxygen atoms in total. The monoisotopic (exact) mass is 244 g/mol. The van der Waals surface area contributed by atoms with Gasteiger partial charge in [-0.3, -0.25) is 5.10 Å². The Hall–Kier alpha value is -2.04. The molecule has 1 fully saturated rings. The second-order valence-corrected chi connectivity index (χ2v) is 4.67. The minimum absolute atomic E-state index is 0.580. The van der Waals surface area contributed by atoms with E-state index in [0.717, 1.165) is 17.2 Å². The average molecular weight is 244 g/mol. The molecule has 94 valence electrons. The highest BCUT2D eigenvalue weighted by Gasteiger charge is 2.27. The highest BCUT2D eigenvalue weighted by atomic mass is 16.5. The number of anilines is 1. The van der Waals surface area contributed by atoms with Gasteiger partial charge in [-0.2, -0.15) is 5.10 Å². The highest BCUT2D eigenvalue weighted by molar-refractivity contribution is 5.54. The molecule has 1 aromatic heterocycles. The van der Waals surface area contributed by atoms with Crippen molar-refractivity contribution in [2.24, 2.45) is 0 Å². The number of aromatic amines is 1. The molecule has 1 aromatic carbocycles. The van der Waals surface area contributed by atoms with Crippen LogP contribution in [0.3, 0.4) is 0 Å². The van der Waals surface area contributed by atoms with Crippen LogP contribution in [0.4, 0.5) is 5.69 Å². The van der Waals surface area contributed by atoms with Gasteiger partial charge in [-0.1, -0.05) is 6.07 Å². The van der Waals surface area contributed by atoms with Gasteiger partial charge >= 0.3 is 0 Å². The predicted octanol–water partition coefficient (Wildman–Crippen LogP) is 1.86. The molecular formula is C13H16N4O. The number of hydrogen-bond acceptors (Lipinski definition) is 4. The summed E-state index contributed by atoms with van der Waals surface area (Å²) < 4.78 is 5.13. The Kier molecular flexibility index (Phi) is 2.66. The Morgan fingerprint density at radius 3 is 2.94 bits per heavy atom. The van der Waals surface area contributed by atoms with Crippen LogP contribution in [0.15, 0.2) is 18.2 Å². The zero-order valence-electron chi connectivity index (χ0n) is 10.3. The van der Waals surface area contributed by atoms with Gasteiger partial charge in [0.05, 0.1) is 12.8 Å². The molecular weight excluding hydrogens is 228 g/mol. The maximum absolute atomic E-state index is 5.88. The predicted molar refractivity (Wildman–Crippen MR) is 68.6 cm³/mol. The standard InChI is InChI=1S/C13H16N4O/c1-18-11-5-2-8(6-10(11)14)7-12-15-13(17-16-12)9-3-4-9/h2,5-6,9H,3-4,7,14H2,1H3,(H,15,16,17). The number of benzene rings is 1. The normalized spacial score (nSPS) is 14.7. The van der Waals surface area contributed by atoms with Crippen LogP contribution in [0.25, 0.3) is 0 Å². The van der Waals surface area contributed by atoms with Crippen molar-refractivity contribution in [3.05, 3.63) is 35.4 Å². The van der Waals surface area contributed by atoms with Gasteiger partial charge in [-0.15, -0.1) is 0 Å². The lowest BCUT2D eigenvalue weighted by atomic mass is 10.1. The van der Waals surface area contributed by atoms with Gasteiger partial charge in [0.25, 0.3) is 0 Å². The molecule has 0 atom stereocenters. The van der Waals surface area contributed by atoms with Crippen molar-refractivity contribution in [2.45, 2.75) is 25.2 Å². The Balaban J connectivity index is 1.76. The van der Waals surface area contributed by atoms with Gasteiger partial charge in [-0.05, 0) is 30.5 Å². The van der Waals surface area contributed by atoms with E-state index in [4.69, 9.17) is 10.5 Å². The van der Waals surface area contributed by atoms with Gasteiger partial charge in [0.15, 0.2) is 5.82 Å². The first-order valence-corrected chi connectivity index (χ1v) is 6.10. The lowest BCUT2D eigenvalue weighted by Gasteiger charge is -2.05. The van der Waals surface area contributed by atoms with Gasteiger partial charge in [0.1, 0.15) is 11.6 Å². The second-order valence-electron chi connectivity index (χ2n) is 4.67. The summed E-state index contributed by atoms with van der Waals surface area (Å²) in [6, 6.07) is 5.79. The van der Waals surface area contributed by atoms with Crippen molar-refractivity contribution in [1.82, 2.24) is 15.2 Å². The maximum Gasteiger partial charge on any atom is 0.153 e. The summed E-state index contributed by atoms with van der Waals surface area (Å²) in [5, 5.41) is 7.23. The van der Waals surface area contributed by atoms with E-state index < -0.39 is 0 Å². The van der Waals surface area contributed by atoms with E-state index in [2.05, 4.69) is 15.2 Å². The number of nitrogens with two attached hydrogens (primary N) is 1. The van der Waals surface area contributed by atoms with Gasteiger partial charge < -0.3 is 10.5 Å². The molecule has 0 unspecified atom stereocenters. The number of aromatic nitrogens is 3. The van der Waals surface area contributed by atoms with Crippen LogP contribution < -0.4 is 10.5 Å². The van der Waals surface area contributed by atoms with Gasteiger partial charge in [-0.25, -0.2) is 4.98 Å². The molecule has 1 heterocycles. The van der Waals surface area contributed by atoms with Crippen molar-refractivity contribution >= 4 is 5.69 Å². The third kappa shape index (κ3) is 2.16. The van der Waals surface area contributed by atoms with Crippen LogP contribution in [0.5, 0.6) is 5.75 Å². The van der Waals surface area contributed by atoms with E-state index in [-0.39, 0.29) is 0 Å². The third-order valence-corrected chi connectivity index (χ3v) is 3.16. The number of ether oxygens (including phenoxy) is 1. The molecule has 18 heavy (non-hydrogen) atoms. The first-order valence-electron chi connectivity index (χ1n) is 6.10. The summed E-state index contributed by atoms with van der Waals surface area (Å²) in [4.78, 5) is 4.50. The molecule has 0 radical (unpaired) electrons. The number of H-pyrrole nitrogens is 1. The SMILES string of the molecule is COc1ccc(Cc2nc(C3CC3)n[nH]2)cc1N. The number of nitrogen functional groups attached to an aromatic ring is 1. The summed E-state index contributed by atoms with van der Waals surface area (Å²) in [5.41, 5.74) is 7.63. The molecule has 1 aliphatic carbocycles. The minimum atomic E-state index is 0.580. The lowest BCUT2D eigenvalue weighted by Crippen LogP contribution is -1.96. The van der Waals surface area contributed by atoms with E-state index in [1.165, 1.54) is 12.8 Å². The quantitative estimate of drug-likeness (QED) is 0.805. The fourth-order valence-electron chi connectivity index (χ4n) is 2.00. The zero-order valence-corrected chi connectivity index (χ0v) is 10.3. The van der Waals surface area contributed by atoms with Crippen LogP contribution in [0.2, 0.25) is 0 Å². The number of nitrogens with one attached hydrogen (secondary N) is 1. The first kappa shape index (κ1) is 11.1. The minimum Gasteiger partial charge on any atom is -0.495 e. The van der Waals surface area contributed by atoms with E-state index in [1.807, 2.05) is 18.2 Å². The molecule has 1 aliphatic rings. The topological polar surface area (TPSA) is 76.8 Å². The molecule has 0 saturated heterocycles. The van der Waals surface area contributed by atoms with Crippen molar-refractivity contribution in [1.29, 1.82) is 0 Å². The number of rotatable bonds is 4. The average Bonchev–Trinajstić information content (AvgIpc) is 3.11. The highest BCUT2D eigenvalue weighted by Crippen LogP contribution is 2.37. The number of hydrogen-bond donors (Lipinski definition) is 2. The maximum atomic E-state index is 5.88. The summed E-state index contributed by atoms with van der Waals surface area (Å²) in [6.07, 6.45) is 3.15. The molecule has 0 aliphatic heterocycles. The fraction of sp³-hybridized carbons (Fsp3) is 0.385. The van der Waals surface area contributed by atoms with Crippen LogP contribution >= 0.6 is 0 Å². The van der Waals surface area contributed by atoms with E-state index >= 15 is 0 Å². The van der Waals surface area contributed by atoms with Crippen molar-refractivity contribution in [3.8, 4) is 5.75 Å². The molecule has 0 amide bonds. The van der Waals surface area contributed by atoms with Crippen LogP contribution in [-0.4, -0.2) is 22.3 Å². The van der Waals surface area contributed by atoms with E-state index in [1.54, 1.807) is 7.11 Å². The molecule has 3 rings (SSSR count). The number of nitrogens with zero attached hydrogens (tertiary/aromatic N) is 2. The zero-order chi connectivity index (χ0) is 12.5. The van der Waals surface area contributed by atoms with E-state index in [0.29, 0.717) is 23.8 Å². The first-order chi connectivity index (χ1) is 8.76. The Morgan fingerprint density at radius 2 is 2.28 bits per heavy atom. The molecule has 0 spiro atoms. The smallest absolute Gasteiger partial charge is 0.153 e. The number of methoxy groups -OCH3 is 1. The Labute approximate surface area is 105 Å². The summed E-state index contributed by atoms with van der Waals surface area (Å²) >= 11 is 0.